The zero-order valence-corrected chi connectivity index (χ0v) is 15.4. The molecule has 0 saturated heterocycles. The number of benzene rings is 1. The van der Waals surface area contributed by atoms with E-state index in [2.05, 4.69) is 19.8 Å². The number of nitrogens with one attached hydrogen (secondary N) is 1. The van der Waals surface area contributed by atoms with E-state index in [9.17, 15) is 13.2 Å². The number of aromatic nitrogens is 4. The summed E-state index contributed by atoms with van der Waals surface area (Å²) in [6.45, 7) is 3.51. The minimum absolute atomic E-state index is 0.0130. The SMILES string of the molecule is CCOC(=O)c1cccc(Cl)c1NS(=O)(=O)c1nc2nccc(C)n2n1. The number of para-hydroxylation sites is 1. The van der Waals surface area contributed by atoms with Gasteiger partial charge in [0, 0.05) is 11.9 Å². The van der Waals surface area contributed by atoms with Crippen LogP contribution in [0.4, 0.5) is 5.69 Å². The molecule has 0 amide bonds. The molecule has 0 unspecified atom stereocenters. The van der Waals surface area contributed by atoms with Crippen LogP contribution in [0.1, 0.15) is 23.0 Å². The molecule has 1 N–H and O–H groups in total. The van der Waals surface area contributed by atoms with Crippen LogP contribution in [0.3, 0.4) is 0 Å². The molecule has 0 aliphatic heterocycles. The number of halogens is 1. The van der Waals surface area contributed by atoms with Crippen LogP contribution in [0.5, 0.6) is 0 Å². The first-order valence-electron chi connectivity index (χ1n) is 7.50. The molecule has 0 spiro atoms. The third-order valence-electron chi connectivity index (χ3n) is 3.40. The van der Waals surface area contributed by atoms with Crippen molar-refractivity contribution in [3.8, 4) is 0 Å². The normalized spacial score (nSPS) is 11.5. The number of carbonyl (C=O) groups excluding carboxylic acids is 1. The lowest BCUT2D eigenvalue weighted by atomic mass is 10.2. The molecule has 9 nitrogen and oxygen atoms in total. The standard InChI is InChI=1S/C15H14ClN5O4S/c1-3-25-13(22)10-5-4-6-11(16)12(10)20-26(23,24)15-18-14-17-8-7-9(2)21(14)19-15/h4-8,20H,3H2,1-2H3. The molecular formula is C15H14ClN5O4S. The number of esters is 1. The number of hydrogen-bond donors (Lipinski definition) is 1. The molecule has 0 radical (unpaired) electrons. The Bertz CT molecular complexity index is 1100. The minimum Gasteiger partial charge on any atom is -0.462 e. The molecule has 3 rings (SSSR count). The summed E-state index contributed by atoms with van der Waals surface area (Å²) in [6.07, 6.45) is 1.50. The molecule has 0 bridgehead atoms. The Labute approximate surface area is 154 Å². The maximum absolute atomic E-state index is 12.7. The average Bonchev–Trinajstić information content (AvgIpc) is 3.03. The maximum atomic E-state index is 12.7. The monoisotopic (exact) mass is 395 g/mol. The lowest BCUT2D eigenvalue weighted by Gasteiger charge is -2.11. The summed E-state index contributed by atoms with van der Waals surface area (Å²) in [7, 11) is -4.21. The number of hydrogen-bond acceptors (Lipinski definition) is 7. The Kier molecular flexibility index (Phi) is 4.79. The second-order valence-corrected chi connectivity index (χ2v) is 7.16. The van der Waals surface area contributed by atoms with Gasteiger partial charge < -0.3 is 4.74 Å². The van der Waals surface area contributed by atoms with E-state index < -0.39 is 21.1 Å². The third kappa shape index (κ3) is 3.33. The molecule has 1 aromatic carbocycles. The molecule has 0 aliphatic carbocycles. The van der Waals surface area contributed by atoms with Crippen molar-refractivity contribution >= 4 is 39.1 Å². The first-order chi connectivity index (χ1) is 12.3. The zero-order valence-electron chi connectivity index (χ0n) is 13.8. The maximum Gasteiger partial charge on any atom is 0.340 e. The Balaban J connectivity index is 2.04. The predicted molar refractivity (Wildman–Crippen MR) is 93.7 cm³/mol. The Hall–Kier alpha value is -2.72. The van der Waals surface area contributed by atoms with Crippen molar-refractivity contribution in [2.75, 3.05) is 11.3 Å². The molecule has 0 aliphatic rings. The van der Waals surface area contributed by atoms with Crippen molar-refractivity contribution in [2.24, 2.45) is 0 Å². The van der Waals surface area contributed by atoms with Gasteiger partial charge >= 0.3 is 5.97 Å². The first-order valence-corrected chi connectivity index (χ1v) is 9.36. The van der Waals surface area contributed by atoms with Crippen molar-refractivity contribution in [1.82, 2.24) is 19.6 Å². The van der Waals surface area contributed by atoms with Gasteiger partial charge in [-0.2, -0.15) is 13.4 Å². The van der Waals surface area contributed by atoms with E-state index in [1.54, 1.807) is 19.9 Å². The van der Waals surface area contributed by atoms with Crippen molar-refractivity contribution in [3.05, 3.63) is 46.7 Å². The van der Waals surface area contributed by atoms with Gasteiger partial charge in [0.25, 0.3) is 21.0 Å². The van der Waals surface area contributed by atoms with Gasteiger partial charge in [-0.25, -0.2) is 14.3 Å². The van der Waals surface area contributed by atoms with Crippen LogP contribution in [0.2, 0.25) is 5.02 Å². The van der Waals surface area contributed by atoms with E-state index in [1.807, 2.05) is 0 Å². The van der Waals surface area contributed by atoms with Crippen LogP contribution in [0.15, 0.2) is 35.6 Å². The average molecular weight is 396 g/mol. The van der Waals surface area contributed by atoms with E-state index in [0.29, 0.717) is 5.69 Å². The van der Waals surface area contributed by atoms with Crippen LogP contribution in [0, 0.1) is 6.92 Å². The molecule has 0 fully saturated rings. The van der Waals surface area contributed by atoms with Gasteiger partial charge in [-0.15, -0.1) is 5.10 Å². The summed E-state index contributed by atoms with van der Waals surface area (Å²) in [5, 5.41) is 3.50. The number of sulfonamides is 1. The minimum atomic E-state index is -4.21. The summed E-state index contributed by atoms with van der Waals surface area (Å²) < 4.78 is 33.9. The van der Waals surface area contributed by atoms with E-state index in [4.69, 9.17) is 16.3 Å². The summed E-state index contributed by atoms with van der Waals surface area (Å²) in [4.78, 5) is 19.9. The zero-order chi connectivity index (χ0) is 18.9. The van der Waals surface area contributed by atoms with E-state index in [1.165, 1.54) is 28.9 Å². The highest BCUT2D eigenvalue weighted by atomic mass is 35.5. The predicted octanol–water partition coefficient (Wildman–Crippen LogP) is 2.06. The van der Waals surface area contributed by atoms with Gasteiger partial charge in [0.05, 0.1) is 22.9 Å². The second kappa shape index (κ2) is 6.89. The molecule has 136 valence electrons. The van der Waals surface area contributed by atoms with Gasteiger partial charge in [-0.05, 0) is 32.0 Å². The smallest absolute Gasteiger partial charge is 0.340 e. The molecule has 11 heteroatoms. The fourth-order valence-electron chi connectivity index (χ4n) is 2.19. The summed E-state index contributed by atoms with van der Waals surface area (Å²) >= 11 is 6.08. The fourth-order valence-corrected chi connectivity index (χ4v) is 3.44. The topological polar surface area (TPSA) is 116 Å². The summed E-state index contributed by atoms with van der Waals surface area (Å²) in [5.41, 5.74) is 0.547. The van der Waals surface area contributed by atoms with Crippen molar-refractivity contribution in [1.29, 1.82) is 0 Å². The van der Waals surface area contributed by atoms with E-state index in [-0.39, 0.29) is 28.7 Å². The van der Waals surface area contributed by atoms with Crippen molar-refractivity contribution in [3.63, 3.8) is 0 Å². The Morgan fingerprint density at radius 2 is 2.12 bits per heavy atom. The fraction of sp³-hybridized carbons (Fsp3) is 0.200. The molecular weight excluding hydrogens is 382 g/mol. The van der Waals surface area contributed by atoms with Gasteiger partial charge in [0.15, 0.2) is 0 Å². The van der Waals surface area contributed by atoms with Crippen molar-refractivity contribution < 1.29 is 17.9 Å². The Morgan fingerprint density at radius 3 is 2.81 bits per heavy atom. The van der Waals surface area contributed by atoms with Gasteiger partial charge in [0.1, 0.15) is 0 Å². The molecule has 26 heavy (non-hydrogen) atoms. The highest BCUT2D eigenvalue weighted by molar-refractivity contribution is 7.92. The number of nitrogens with zero attached hydrogens (tertiary/aromatic N) is 4. The lowest BCUT2D eigenvalue weighted by molar-refractivity contribution is 0.0527. The number of ether oxygens (including phenoxy) is 1. The van der Waals surface area contributed by atoms with E-state index >= 15 is 0 Å². The van der Waals surface area contributed by atoms with Gasteiger partial charge in [0.2, 0.25) is 0 Å². The second-order valence-electron chi connectivity index (χ2n) is 5.18. The van der Waals surface area contributed by atoms with Crippen LogP contribution >= 0.6 is 11.6 Å². The summed E-state index contributed by atoms with van der Waals surface area (Å²) in [5.74, 6) is -0.566. The van der Waals surface area contributed by atoms with Crippen LogP contribution in [-0.4, -0.2) is 40.6 Å². The molecule has 2 heterocycles. The number of rotatable bonds is 5. The first kappa shape index (κ1) is 18.1. The Morgan fingerprint density at radius 1 is 1.35 bits per heavy atom. The third-order valence-corrected chi connectivity index (χ3v) is 4.84. The highest BCUT2D eigenvalue weighted by Crippen LogP contribution is 2.28. The number of fused-ring (bicyclic) bond motifs is 1. The largest absolute Gasteiger partial charge is 0.462 e. The number of aryl methyl sites for hydroxylation is 1. The quantitative estimate of drug-likeness (QED) is 0.657. The van der Waals surface area contributed by atoms with Gasteiger partial charge in [-0.3, -0.25) is 4.72 Å². The molecule has 0 atom stereocenters. The molecule has 3 aromatic rings. The molecule has 0 saturated carbocycles. The van der Waals surface area contributed by atoms with Crippen molar-refractivity contribution in [2.45, 2.75) is 19.0 Å². The van der Waals surface area contributed by atoms with Gasteiger partial charge in [-0.1, -0.05) is 17.7 Å². The number of carbonyl (C=O) groups is 1. The number of anilines is 1. The van der Waals surface area contributed by atoms with Crippen LogP contribution < -0.4 is 4.72 Å². The highest BCUT2D eigenvalue weighted by Gasteiger charge is 2.25. The molecule has 2 aromatic heterocycles. The summed E-state index contributed by atoms with van der Waals surface area (Å²) in [6, 6.07) is 6.04. The van der Waals surface area contributed by atoms with Crippen LogP contribution in [-0.2, 0) is 14.8 Å². The van der Waals surface area contributed by atoms with E-state index in [0.717, 1.165) is 0 Å². The van der Waals surface area contributed by atoms with Crippen LogP contribution in [0.25, 0.3) is 5.78 Å². The lowest BCUT2D eigenvalue weighted by Crippen LogP contribution is -2.18.